The lowest BCUT2D eigenvalue weighted by Crippen LogP contribution is -2.14. The minimum Gasteiger partial charge on any atom is -0.463 e. The molecule has 0 bridgehead atoms. The van der Waals surface area contributed by atoms with Gasteiger partial charge in [0.15, 0.2) is 0 Å². The summed E-state index contributed by atoms with van der Waals surface area (Å²) in [6, 6.07) is 0. The lowest BCUT2D eigenvalue weighted by molar-refractivity contribution is -0.146. The van der Waals surface area contributed by atoms with Gasteiger partial charge in [-0.1, -0.05) is 26.7 Å². The van der Waals surface area contributed by atoms with Crippen molar-refractivity contribution in [3.05, 3.63) is 0 Å². The molecule has 0 aromatic carbocycles. The lowest BCUT2D eigenvalue weighted by atomic mass is 10.1. The molecule has 66 valence electrons. The third-order valence-corrected chi connectivity index (χ3v) is 1.67. The molecular weight excluding hydrogens is 140 g/mol. The van der Waals surface area contributed by atoms with Crippen molar-refractivity contribution in [1.82, 2.24) is 0 Å². The molecule has 1 atom stereocenters. The molecule has 1 unspecified atom stereocenters. The Bertz CT molecular complexity index is 110. The fourth-order valence-corrected chi connectivity index (χ4v) is 1.01. The van der Waals surface area contributed by atoms with Crippen LogP contribution in [-0.2, 0) is 9.53 Å². The van der Waals surface area contributed by atoms with Crippen molar-refractivity contribution in [1.29, 1.82) is 0 Å². The van der Waals surface area contributed by atoms with Crippen LogP contribution in [0.1, 0.15) is 46.5 Å². The molecule has 0 spiro atoms. The smallest absolute Gasteiger partial charge is 0.302 e. The maximum atomic E-state index is 10.6. The van der Waals surface area contributed by atoms with Gasteiger partial charge in [-0.2, -0.15) is 0 Å². The number of carbonyl (C=O) groups is 1. The Balaban J connectivity index is 3.49. The van der Waals surface area contributed by atoms with Gasteiger partial charge in [-0.25, -0.2) is 0 Å². The van der Waals surface area contributed by atoms with E-state index in [1.165, 1.54) is 6.92 Å². The number of esters is 1. The van der Waals surface area contributed by atoms with E-state index in [0.717, 1.165) is 25.7 Å². The van der Waals surface area contributed by atoms with Gasteiger partial charge >= 0.3 is 5.97 Å². The van der Waals surface area contributed by atoms with Crippen LogP contribution in [0.2, 0.25) is 0 Å². The second-order valence-corrected chi connectivity index (χ2v) is 2.78. The number of hydrogen-bond acceptors (Lipinski definition) is 2. The summed E-state index contributed by atoms with van der Waals surface area (Å²) >= 11 is 0. The zero-order valence-electron chi connectivity index (χ0n) is 7.72. The fourth-order valence-electron chi connectivity index (χ4n) is 1.01. The first-order valence-corrected chi connectivity index (χ1v) is 4.37. The monoisotopic (exact) mass is 158 g/mol. The van der Waals surface area contributed by atoms with Crippen molar-refractivity contribution in [2.75, 3.05) is 0 Å². The van der Waals surface area contributed by atoms with E-state index < -0.39 is 0 Å². The van der Waals surface area contributed by atoms with Crippen LogP contribution in [0, 0.1) is 0 Å². The summed E-state index contributed by atoms with van der Waals surface area (Å²) < 4.78 is 5.06. The van der Waals surface area contributed by atoms with Gasteiger partial charge in [0.2, 0.25) is 0 Å². The molecular formula is C9H18O2. The minimum atomic E-state index is -0.159. The predicted molar refractivity (Wildman–Crippen MR) is 45.4 cm³/mol. The number of unbranched alkanes of at least 4 members (excludes halogenated alkanes) is 1. The highest BCUT2D eigenvalue weighted by Crippen LogP contribution is 2.08. The van der Waals surface area contributed by atoms with Crippen LogP contribution in [0.15, 0.2) is 0 Å². The van der Waals surface area contributed by atoms with Gasteiger partial charge < -0.3 is 4.74 Å². The largest absolute Gasteiger partial charge is 0.463 e. The lowest BCUT2D eigenvalue weighted by Gasteiger charge is -2.13. The van der Waals surface area contributed by atoms with Crippen LogP contribution in [0.3, 0.4) is 0 Å². The highest BCUT2D eigenvalue weighted by molar-refractivity contribution is 5.66. The van der Waals surface area contributed by atoms with Crippen LogP contribution in [0.4, 0.5) is 0 Å². The molecule has 0 heterocycles. The maximum absolute atomic E-state index is 10.6. The highest BCUT2D eigenvalue weighted by atomic mass is 16.5. The molecule has 0 aliphatic heterocycles. The zero-order valence-corrected chi connectivity index (χ0v) is 7.72. The average Bonchev–Trinajstić information content (AvgIpc) is 1.97. The molecule has 2 nitrogen and oxygen atoms in total. The summed E-state index contributed by atoms with van der Waals surface area (Å²) in [7, 11) is 0. The first-order chi connectivity index (χ1) is 5.20. The van der Waals surface area contributed by atoms with E-state index in [2.05, 4.69) is 6.92 Å². The third-order valence-electron chi connectivity index (χ3n) is 1.67. The van der Waals surface area contributed by atoms with Gasteiger partial charge in [0.25, 0.3) is 0 Å². The maximum Gasteiger partial charge on any atom is 0.302 e. The van der Waals surface area contributed by atoms with Gasteiger partial charge in [0, 0.05) is 6.92 Å². The van der Waals surface area contributed by atoms with Crippen LogP contribution < -0.4 is 0 Å². The Morgan fingerprint density at radius 2 is 2.09 bits per heavy atom. The Kier molecular flexibility index (Phi) is 5.90. The molecule has 0 fully saturated rings. The average molecular weight is 158 g/mol. The molecule has 0 aromatic rings. The van der Waals surface area contributed by atoms with Crippen molar-refractivity contribution in [2.24, 2.45) is 0 Å². The Morgan fingerprint density at radius 3 is 2.45 bits per heavy atom. The van der Waals surface area contributed by atoms with E-state index in [1.54, 1.807) is 0 Å². The van der Waals surface area contributed by atoms with Gasteiger partial charge in [-0.05, 0) is 12.8 Å². The van der Waals surface area contributed by atoms with Crippen LogP contribution in [0.25, 0.3) is 0 Å². The summed E-state index contributed by atoms with van der Waals surface area (Å²) in [5.74, 6) is -0.159. The Hall–Kier alpha value is -0.530. The number of rotatable bonds is 5. The minimum absolute atomic E-state index is 0.146. The van der Waals surface area contributed by atoms with Crippen molar-refractivity contribution < 1.29 is 9.53 Å². The molecule has 0 N–H and O–H groups in total. The molecule has 11 heavy (non-hydrogen) atoms. The standard InChI is InChI=1S/C9H18O2/c1-4-6-7-9(5-2)11-8(3)10/h9H,4-7H2,1-3H3. The highest BCUT2D eigenvalue weighted by Gasteiger charge is 2.07. The molecule has 0 aromatic heterocycles. The van der Waals surface area contributed by atoms with Crippen molar-refractivity contribution >= 4 is 5.97 Å². The molecule has 2 heteroatoms. The topological polar surface area (TPSA) is 26.3 Å². The van der Waals surface area contributed by atoms with E-state index in [4.69, 9.17) is 4.74 Å². The number of ether oxygens (including phenoxy) is 1. The van der Waals surface area contributed by atoms with Gasteiger partial charge in [0.05, 0.1) is 0 Å². The summed E-state index contributed by atoms with van der Waals surface area (Å²) in [5.41, 5.74) is 0. The summed E-state index contributed by atoms with van der Waals surface area (Å²) in [4.78, 5) is 10.6. The van der Waals surface area contributed by atoms with Crippen LogP contribution >= 0.6 is 0 Å². The molecule has 0 saturated heterocycles. The third kappa shape index (κ3) is 5.89. The summed E-state index contributed by atoms with van der Waals surface area (Å²) in [5, 5.41) is 0. The van der Waals surface area contributed by atoms with Crippen molar-refractivity contribution in [2.45, 2.75) is 52.6 Å². The van der Waals surface area contributed by atoms with E-state index in [-0.39, 0.29) is 12.1 Å². The molecule has 0 aliphatic rings. The second-order valence-electron chi connectivity index (χ2n) is 2.78. The van der Waals surface area contributed by atoms with Crippen LogP contribution in [-0.4, -0.2) is 12.1 Å². The number of carbonyl (C=O) groups excluding carboxylic acids is 1. The van der Waals surface area contributed by atoms with Crippen LogP contribution in [0.5, 0.6) is 0 Å². The first-order valence-electron chi connectivity index (χ1n) is 4.37. The molecule has 0 saturated carbocycles. The van der Waals surface area contributed by atoms with Gasteiger partial charge in [-0.3, -0.25) is 4.79 Å². The SMILES string of the molecule is CCCCC(CC)OC(C)=O. The van der Waals surface area contributed by atoms with E-state index in [9.17, 15) is 4.79 Å². The zero-order chi connectivity index (χ0) is 8.69. The fraction of sp³-hybridized carbons (Fsp3) is 0.889. The summed E-state index contributed by atoms with van der Waals surface area (Å²) in [6.45, 7) is 5.65. The Labute approximate surface area is 68.9 Å². The van der Waals surface area contributed by atoms with Gasteiger partial charge in [-0.15, -0.1) is 0 Å². The quantitative estimate of drug-likeness (QED) is 0.575. The normalized spacial score (nSPS) is 12.6. The van der Waals surface area contributed by atoms with Crippen molar-refractivity contribution in [3.63, 3.8) is 0 Å². The second kappa shape index (κ2) is 6.20. The molecule has 0 amide bonds. The predicted octanol–water partition coefficient (Wildman–Crippen LogP) is 2.52. The van der Waals surface area contributed by atoms with E-state index >= 15 is 0 Å². The molecule has 0 aliphatic carbocycles. The molecule has 0 radical (unpaired) electrons. The van der Waals surface area contributed by atoms with Gasteiger partial charge in [0.1, 0.15) is 6.10 Å². The molecule has 0 rings (SSSR count). The Morgan fingerprint density at radius 1 is 1.45 bits per heavy atom. The number of hydrogen-bond donors (Lipinski definition) is 0. The first kappa shape index (κ1) is 10.5. The van der Waals surface area contributed by atoms with E-state index in [0.29, 0.717) is 0 Å². The van der Waals surface area contributed by atoms with Crippen molar-refractivity contribution in [3.8, 4) is 0 Å². The van der Waals surface area contributed by atoms with E-state index in [1.807, 2.05) is 6.92 Å². The summed E-state index contributed by atoms with van der Waals surface area (Å²) in [6.07, 6.45) is 4.39.